The molecule has 0 amide bonds. The van der Waals surface area contributed by atoms with Crippen molar-refractivity contribution in [1.29, 1.82) is 0 Å². The van der Waals surface area contributed by atoms with E-state index in [4.69, 9.17) is 18.5 Å². The lowest BCUT2D eigenvalue weighted by atomic mass is 9.85. The molecule has 1 fully saturated rings. The highest BCUT2D eigenvalue weighted by atomic mass is 31.2. The van der Waals surface area contributed by atoms with Gasteiger partial charge in [0, 0.05) is 12.8 Å². The Bertz CT molecular complexity index is 1370. The lowest BCUT2D eigenvalue weighted by Gasteiger charge is -2.41. The number of aliphatic hydroxyl groups is 5. The van der Waals surface area contributed by atoms with E-state index in [0.29, 0.717) is 12.8 Å². The van der Waals surface area contributed by atoms with E-state index in [-0.39, 0.29) is 12.8 Å². The summed E-state index contributed by atoms with van der Waals surface area (Å²) in [5.74, 6) is -1.13. The van der Waals surface area contributed by atoms with Crippen molar-refractivity contribution < 1.29 is 63.1 Å². The number of ether oxygens (including phenoxy) is 2. The molecule has 1 rings (SSSR count). The molecule has 0 bridgehead atoms. The van der Waals surface area contributed by atoms with Gasteiger partial charge in [0.1, 0.15) is 43.2 Å². The zero-order valence-corrected chi connectivity index (χ0v) is 43.3. The second-order valence-corrected chi connectivity index (χ2v) is 20.1. The predicted octanol–water partition coefficient (Wildman–Crippen LogP) is 11.9. The molecule has 0 radical (unpaired) electrons. The van der Waals surface area contributed by atoms with Crippen molar-refractivity contribution >= 4 is 19.8 Å². The lowest BCUT2D eigenvalue weighted by molar-refractivity contribution is -0.220. The van der Waals surface area contributed by atoms with Gasteiger partial charge in [-0.1, -0.05) is 210 Å². The number of rotatable bonds is 45. The summed E-state index contributed by atoms with van der Waals surface area (Å²) in [5, 5.41) is 50.3. The maximum atomic E-state index is 12.9. The van der Waals surface area contributed by atoms with Gasteiger partial charge in [0.15, 0.2) is 6.10 Å². The first-order chi connectivity index (χ1) is 32.9. The van der Waals surface area contributed by atoms with Crippen LogP contribution >= 0.6 is 7.82 Å². The van der Waals surface area contributed by atoms with Gasteiger partial charge in [0.2, 0.25) is 0 Å². The zero-order valence-electron chi connectivity index (χ0n) is 42.4. The first-order valence-corrected chi connectivity index (χ1v) is 28.4. The van der Waals surface area contributed by atoms with Crippen molar-refractivity contribution in [2.75, 3.05) is 13.2 Å². The van der Waals surface area contributed by atoms with E-state index in [1.54, 1.807) is 0 Å². The van der Waals surface area contributed by atoms with Crippen molar-refractivity contribution in [3.05, 3.63) is 48.6 Å². The molecule has 396 valence electrons. The minimum Gasteiger partial charge on any atom is -0.462 e. The second-order valence-electron chi connectivity index (χ2n) is 18.7. The molecule has 1 aliphatic carbocycles. The SMILES string of the molecule is CCC/C=C/C/C=C/C/C=C/C/C=C/CCCCCC(=O)O[C@@H](COC(=O)CCCCCCCCCCCCCCCCCCCCCCCC)COP(=O)(O)OC1C(O)C(O)C(O)[C@H](O)C1O. The average Bonchev–Trinajstić information content (AvgIpc) is 3.32. The Morgan fingerprint density at radius 1 is 0.456 bits per heavy atom. The normalized spacial score (nSPS) is 21.4. The quantitative estimate of drug-likeness (QED) is 0.0145. The monoisotopic (exact) mass is 985 g/mol. The van der Waals surface area contributed by atoms with E-state index in [0.717, 1.165) is 64.2 Å². The average molecular weight is 985 g/mol. The van der Waals surface area contributed by atoms with Crippen LogP contribution in [0.3, 0.4) is 0 Å². The molecule has 1 saturated carbocycles. The minimum atomic E-state index is -5.13. The van der Waals surface area contributed by atoms with Crippen molar-refractivity contribution in [1.82, 2.24) is 0 Å². The van der Waals surface area contributed by atoms with E-state index in [1.807, 2.05) is 0 Å². The number of hydrogen-bond donors (Lipinski definition) is 6. The van der Waals surface area contributed by atoms with Gasteiger partial charge in [-0.05, 0) is 51.4 Å². The molecule has 6 N–H and O–H groups in total. The van der Waals surface area contributed by atoms with Crippen LogP contribution in [0.5, 0.6) is 0 Å². The van der Waals surface area contributed by atoms with Crippen LogP contribution in [0, 0.1) is 0 Å². The fourth-order valence-electron chi connectivity index (χ4n) is 8.10. The van der Waals surface area contributed by atoms with Crippen molar-refractivity contribution in [2.24, 2.45) is 0 Å². The molecule has 0 aromatic rings. The fraction of sp³-hybridized carbons (Fsp3) is 0.815. The maximum Gasteiger partial charge on any atom is 0.472 e. The number of carbonyl (C=O) groups excluding carboxylic acids is 2. The number of phosphoric acid groups is 1. The summed E-state index contributed by atoms with van der Waals surface area (Å²) < 4.78 is 33.6. The summed E-state index contributed by atoms with van der Waals surface area (Å²) >= 11 is 0. The molecule has 0 heterocycles. The standard InChI is InChI=1S/C54H97O13P/c1-3-5-7-9-11-13-15-17-19-21-22-23-24-25-27-28-30-32-34-36-38-40-42-47(55)64-44-46(45-65-68(62,63)67-54-52(60)50(58)49(57)51(59)53(54)61)66-48(56)43-41-39-37-35-33-31-29-26-20-18-16-14-12-10-8-6-4-2/h8,10,14,16,20,26,31,33,46,49-54,57-61H,3-7,9,11-13,15,17-19,21-25,27-30,32,34-45H2,1-2H3,(H,62,63)/b10-8+,16-14+,26-20+,33-31+/t46-,49?,50-,51?,52?,53?,54?/m0/s1. The Morgan fingerprint density at radius 3 is 1.26 bits per heavy atom. The summed E-state index contributed by atoms with van der Waals surface area (Å²) in [4.78, 5) is 35.9. The molecule has 13 nitrogen and oxygen atoms in total. The lowest BCUT2D eigenvalue weighted by Crippen LogP contribution is -2.64. The molecule has 0 aliphatic heterocycles. The molecular weight excluding hydrogens is 888 g/mol. The molecule has 8 atom stereocenters. The van der Waals surface area contributed by atoms with Crippen LogP contribution in [0.1, 0.15) is 226 Å². The highest BCUT2D eigenvalue weighted by molar-refractivity contribution is 7.47. The van der Waals surface area contributed by atoms with Gasteiger partial charge in [-0.2, -0.15) is 0 Å². The third-order valence-electron chi connectivity index (χ3n) is 12.4. The van der Waals surface area contributed by atoms with Crippen LogP contribution in [-0.2, 0) is 32.7 Å². The zero-order chi connectivity index (χ0) is 49.9. The molecule has 0 spiro atoms. The summed E-state index contributed by atoms with van der Waals surface area (Å²) in [6.07, 6.45) is 40.2. The van der Waals surface area contributed by atoms with E-state index < -0.39 is 75.7 Å². The van der Waals surface area contributed by atoms with Crippen LogP contribution in [0.2, 0.25) is 0 Å². The van der Waals surface area contributed by atoms with Gasteiger partial charge < -0.3 is 39.9 Å². The van der Waals surface area contributed by atoms with Crippen LogP contribution < -0.4 is 0 Å². The van der Waals surface area contributed by atoms with Crippen LogP contribution in [0.15, 0.2) is 48.6 Å². The van der Waals surface area contributed by atoms with Gasteiger partial charge in [0.25, 0.3) is 0 Å². The van der Waals surface area contributed by atoms with E-state index in [1.165, 1.54) is 122 Å². The first-order valence-electron chi connectivity index (χ1n) is 26.9. The Morgan fingerprint density at radius 2 is 0.824 bits per heavy atom. The van der Waals surface area contributed by atoms with E-state index >= 15 is 0 Å². The number of phosphoric ester groups is 1. The molecule has 0 saturated heterocycles. The Kier molecular flexibility index (Phi) is 40.9. The Balaban J connectivity index is 2.37. The number of allylic oxidation sites excluding steroid dienone is 8. The fourth-order valence-corrected chi connectivity index (χ4v) is 9.08. The molecule has 0 aromatic heterocycles. The van der Waals surface area contributed by atoms with Crippen LogP contribution in [0.4, 0.5) is 0 Å². The summed E-state index contributed by atoms with van der Waals surface area (Å²) in [6.45, 7) is 3.24. The summed E-state index contributed by atoms with van der Waals surface area (Å²) in [6, 6.07) is 0. The highest BCUT2D eigenvalue weighted by Crippen LogP contribution is 2.47. The largest absolute Gasteiger partial charge is 0.472 e. The number of aliphatic hydroxyl groups excluding tert-OH is 5. The molecule has 1 aliphatic rings. The van der Waals surface area contributed by atoms with Crippen molar-refractivity contribution in [3.63, 3.8) is 0 Å². The van der Waals surface area contributed by atoms with E-state index in [2.05, 4.69) is 62.5 Å². The third-order valence-corrected chi connectivity index (χ3v) is 13.4. The number of hydrogen-bond acceptors (Lipinski definition) is 12. The molecular formula is C54H97O13P. The van der Waals surface area contributed by atoms with Gasteiger partial charge in [-0.15, -0.1) is 0 Å². The van der Waals surface area contributed by atoms with Crippen LogP contribution in [-0.4, -0.2) is 98.3 Å². The second kappa shape index (κ2) is 43.6. The van der Waals surface area contributed by atoms with Gasteiger partial charge in [0.05, 0.1) is 6.61 Å². The molecule has 0 aromatic carbocycles. The first kappa shape index (κ1) is 63.8. The Hall–Kier alpha value is -2.19. The van der Waals surface area contributed by atoms with Crippen molar-refractivity contribution in [3.8, 4) is 0 Å². The molecule has 14 heteroatoms. The topological polar surface area (TPSA) is 210 Å². The van der Waals surface area contributed by atoms with Crippen LogP contribution in [0.25, 0.3) is 0 Å². The smallest absolute Gasteiger partial charge is 0.462 e. The maximum absolute atomic E-state index is 12.9. The number of esters is 2. The van der Waals surface area contributed by atoms with E-state index in [9.17, 15) is 44.6 Å². The predicted molar refractivity (Wildman–Crippen MR) is 272 cm³/mol. The van der Waals surface area contributed by atoms with Crippen molar-refractivity contribution in [2.45, 2.75) is 268 Å². The summed E-state index contributed by atoms with van der Waals surface area (Å²) in [5.41, 5.74) is 0. The minimum absolute atomic E-state index is 0.0597. The highest BCUT2D eigenvalue weighted by Gasteiger charge is 2.51. The Labute approximate surface area is 411 Å². The van der Waals surface area contributed by atoms with Gasteiger partial charge >= 0.3 is 19.8 Å². The number of carbonyl (C=O) groups is 2. The summed E-state index contributed by atoms with van der Waals surface area (Å²) in [7, 11) is -5.13. The number of unbranched alkanes of at least 4 members (excludes halogenated alkanes) is 25. The third kappa shape index (κ3) is 35.0. The molecule has 6 unspecified atom stereocenters. The van der Waals surface area contributed by atoms with Gasteiger partial charge in [-0.3, -0.25) is 18.6 Å². The molecule has 68 heavy (non-hydrogen) atoms. The van der Waals surface area contributed by atoms with Gasteiger partial charge in [-0.25, -0.2) is 4.57 Å².